The van der Waals surface area contributed by atoms with Crippen LogP contribution in [0.3, 0.4) is 0 Å². The highest BCUT2D eigenvalue weighted by atomic mass is 16.5. The molecule has 20 heavy (non-hydrogen) atoms. The minimum Gasteiger partial charge on any atom is -0.477 e. The Hall–Kier alpha value is -1.56. The van der Waals surface area contributed by atoms with Gasteiger partial charge in [-0.2, -0.15) is 5.26 Å². The molecule has 0 bridgehead atoms. The maximum atomic E-state index is 9.22. The van der Waals surface area contributed by atoms with Gasteiger partial charge in [-0.1, -0.05) is 32.6 Å². The second kappa shape index (κ2) is 7.89. The van der Waals surface area contributed by atoms with Gasteiger partial charge in [0.15, 0.2) is 0 Å². The minimum atomic E-state index is 0.545. The molecule has 0 aliphatic heterocycles. The molecule has 1 aromatic rings. The van der Waals surface area contributed by atoms with Crippen LogP contribution in [0.5, 0.6) is 5.88 Å². The van der Waals surface area contributed by atoms with Crippen LogP contribution in [0, 0.1) is 11.3 Å². The second-order valence-electron chi connectivity index (χ2n) is 5.53. The van der Waals surface area contributed by atoms with Crippen molar-refractivity contribution in [3.63, 3.8) is 0 Å². The van der Waals surface area contributed by atoms with Crippen molar-refractivity contribution >= 4 is 0 Å². The van der Waals surface area contributed by atoms with Gasteiger partial charge in [-0.15, -0.1) is 0 Å². The number of unbranched alkanes of at least 4 members (excludes halogenated alkanes) is 4. The highest BCUT2D eigenvalue weighted by Crippen LogP contribution is 2.25. The summed E-state index contributed by atoms with van der Waals surface area (Å²) in [6.45, 7) is 2.89. The zero-order chi connectivity index (χ0) is 14.2. The van der Waals surface area contributed by atoms with Gasteiger partial charge in [0.1, 0.15) is 11.6 Å². The minimum absolute atomic E-state index is 0.545. The normalized spacial score (nSPS) is 13.6. The number of nitriles is 1. The van der Waals surface area contributed by atoms with Crippen LogP contribution in [0.25, 0.3) is 0 Å². The molecular weight excluding hydrogens is 248 g/mol. The molecule has 0 fully saturated rings. The van der Waals surface area contributed by atoms with Crippen LogP contribution in [-0.4, -0.2) is 11.6 Å². The van der Waals surface area contributed by atoms with Crippen molar-refractivity contribution in [2.75, 3.05) is 6.61 Å². The molecule has 1 aromatic heterocycles. The predicted molar refractivity (Wildman–Crippen MR) is 79.8 cm³/mol. The van der Waals surface area contributed by atoms with Gasteiger partial charge in [-0.3, -0.25) is 0 Å². The number of aryl methyl sites for hydroxylation is 2. The highest BCUT2D eigenvalue weighted by Gasteiger charge is 2.15. The largest absolute Gasteiger partial charge is 0.477 e. The van der Waals surface area contributed by atoms with E-state index in [9.17, 15) is 5.26 Å². The maximum Gasteiger partial charge on any atom is 0.231 e. The van der Waals surface area contributed by atoms with Gasteiger partial charge in [0.05, 0.1) is 6.61 Å². The van der Waals surface area contributed by atoms with Crippen molar-refractivity contribution in [2.45, 2.75) is 64.7 Å². The summed E-state index contributed by atoms with van der Waals surface area (Å²) in [6.07, 6.45) is 10.5. The lowest BCUT2D eigenvalue weighted by atomic mass is 9.95. The van der Waals surface area contributed by atoms with E-state index in [2.05, 4.69) is 18.0 Å². The SMILES string of the molecule is CCCCCCCOc1nc2c(cc1C#N)CCCC2. The number of ether oxygens (including phenoxy) is 1. The molecule has 0 saturated carbocycles. The van der Waals surface area contributed by atoms with E-state index in [4.69, 9.17) is 4.74 Å². The summed E-state index contributed by atoms with van der Waals surface area (Å²) < 4.78 is 5.74. The second-order valence-corrected chi connectivity index (χ2v) is 5.53. The lowest BCUT2D eigenvalue weighted by Gasteiger charge is -2.16. The Bertz CT molecular complexity index is 477. The topological polar surface area (TPSA) is 45.9 Å². The Morgan fingerprint density at radius 1 is 1.20 bits per heavy atom. The number of pyridine rings is 1. The fourth-order valence-electron chi connectivity index (χ4n) is 2.68. The lowest BCUT2D eigenvalue weighted by molar-refractivity contribution is 0.291. The summed E-state index contributed by atoms with van der Waals surface area (Å²) in [6, 6.07) is 4.20. The Morgan fingerprint density at radius 2 is 2.00 bits per heavy atom. The highest BCUT2D eigenvalue weighted by molar-refractivity contribution is 5.43. The van der Waals surface area contributed by atoms with Crippen molar-refractivity contribution in [1.29, 1.82) is 5.26 Å². The molecule has 0 amide bonds. The first-order valence-corrected chi connectivity index (χ1v) is 7.91. The molecule has 108 valence electrons. The van der Waals surface area contributed by atoms with Crippen molar-refractivity contribution in [1.82, 2.24) is 4.98 Å². The molecule has 0 spiro atoms. The molecule has 1 aliphatic carbocycles. The van der Waals surface area contributed by atoms with E-state index in [0.29, 0.717) is 18.1 Å². The van der Waals surface area contributed by atoms with Gasteiger partial charge in [0.2, 0.25) is 5.88 Å². The zero-order valence-electron chi connectivity index (χ0n) is 12.5. The fraction of sp³-hybridized carbons (Fsp3) is 0.647. The molecular formula is C17H24N2O. The smallest absolute Gasteiger partial charge is 0.231 e. The van der Waals surface area contributed by atoms with Gasteiger partial charge < -0.3 is 4.74 Å². The van der Waals surface area contributed by atoms with Crippen molar-refractivity contribution in [3.05, 3.63) is 22.9 Å². The van der Waals surface area contributed by atoms with E-state index in [1.165, 1.54) is 44.1 Å². The van der Waals surface area contributed by atoms with Crippen LogP contribution in [-0.2, 0) is 12.8 Å². The van der Waals surface area contributed by atoms with E-state index >= 15 is 0 Å². The van der Waals surface area contributed by atoms with Crippen LogP contribution in [0.1, 0.15) is 68.7 Å². The summed E-state index contributed by atoms with van der Waals surface area (Å²) in [5.74, 6) is 0.545. The van der Waals surface area contributed by atoms with Crippen molar-refractivity contribution < 1.29 is 4.74 Å². The third-order valence-electron chi connectivity index (χ3n) is 3.87. The first-order chi connectivity index (χ1) is 9.85. The summed E-state index contributed by atoms with van der Waals surface area (Å²) in [5, 5.41) is 9.22. The summed E-state index contributed by atoms with van der Waals surface area (Å²) in [7, 11) is 0. The number of hydrogen-bond donors (Lipinski definition) is 0. The average molecular weight is 272 g/mol. The van der Waals surface area contributed by atoms with Crippen molar-refractivity contribution in [3.8, 4) is 11.9 Å². The van der Waals surface area contributed by atoms with Gasteiger partial charge in [-0.05, 0) is 43.7 Å². The van der Waals surface area contributed by atoms with E-state index < -0.39 is 0 Å². The van der Waals surface area contributed by atoms with Gasteiger partial charge >= 0.3 is 0 Å². The number of hydrogen-bond acceptors (Lipinski definition) is 3. The number of rotatable bonds is 7. The molecule has 3 heteroatoms. The van der Waals surface area contributed by atoms with Crippen LogP contribution in [0.4, 0.5) is 0 Å². The Labute approximate surface area is 122 Å². The molecule has 0 radical (unpaired) electrons. The monoisotopic (exact) mass is 272 g/mol. The van der Waals surface area contributed by atoms with E-state index in [-0.39, 0.29) is 0 Å². The van der Waals surface area contributed by atoms with Gasteiger partial charge in [0.25, 0.3) is 0 Å². The quantitative estimate of drug-likeness (QED) is 0.699. The molecule has 0 aromatic carbocycles. The fourth-order valence-corrected chi connectivity index (χ4v) is 2.68. The molecule has 1 aliphatic rings. The molecule has 2 rings (SSSR count). The molecule has 1 heterocycles. The van der Waals surface area contributed by atoms with Crippen molar-refractivity contribution in [2.24, 2.45) is 0 Å². The third kappa shape index (κ3) is 3.96. The summed E-state index contributed by atoms with van der Waals surface area (Å²) in [5.41, 5.74) is 2.97. The summed E-state index contributed by atoms with van der Waals surface area (Å²) in [4.78, 5) is 4.57. The van der Waals surface area contributed by atoms with Gasteiger partial charge in [-0.25, -0.2) is 4.98 Å². The molecule has 0 N–H and O–H groups in total. The predicted octanol–water partition coefficient (Wildman–Crippen LogP) is 4.18. The van der Waals surface area contributed by atoms with Crippen LogP contribution < -0.4 is 4.74 Å². The van der Waals surface area contributed by atoms with Crippen LogP contribution in [0.15, 0.2) is 6.07 Å². The van der Waals surface area contributed by atoms with Crippen LogP contribution >= 0.6 is 0 Å². The Kier molecular flexibility index (Phi) is 5.86. The number of fused-ring (bicyclic) bond motifs is 1. The van der Waals surface area contributed by atoms with Crippen LogP contribution in [0.2, 0.25) is 0 Å². The number of nitrogens with zero attached hydrogens (tertiary/aromatic N) is 2. The molecule has 0 atom stereocenters. The first kappa shape index (κ1) is 14.8. The molecule has 3 nitrogen and oxygen atoms in total. The Balaban J connectivity index is 1.91. The standard InChI is InChI=1S/C17H24N2O/c1-2-3-4-5-8-11-20-17-15(13-18)12-14-9-6-7-10-16(14)19-17/h12H,2-11H2,1H3. The van der Waals surface area contributed by atoms with E-state index in [1.807, 2.05) is 6.07 Å². The first-order valence-electron chi connectivity index (χ1n) is 7.91. The van der Waals surface area contributed by atoms with E-state index in [0.717, 1.165) is 25.0 Å². The average Bonchev–Trinajstić information content (AvgIpc) is 2.50. The maximum absolute atomic E-state index is 9.22. The zero-order valence-corrected chi connectivity index (χ0v) is 12.5. The number of aromatic nitrogens is 1. The third-order valence-corrected chi connectivity index (χ3v) is 3.87. The van der Waals surface area contributed by atoms with Gasteiger partial charge in [0, 0.05) is 5.69 Å². The Morgan fingerprint density at radius 3 is 2.80 bits per heavy atom. The van der Waals surface area contributed by atoms with E-state index in [1.54, 1.807) is 0 Å². The molecule has 0 saturated heterocycles. The molecule has 0 unspecified atom stereocenters. The lowest BCUT2D eigenvalue weighted by Crippen LogP contribution is -2.09. The summed E-state index contributed by atoms with van der Waals surface area (Å²) >= 11 is 0.